The molecule has 0 bridgehead atoms. The first-order chi connectivity index (χ1) is 16.0. The molecule has 0 aromatic heterocycles. The molecule has 1 aliphatic heterocycles. The van der Waals surface area contributed by atoms with Gasteiger partial charge >= 0.3 is 0 Å². The van der Waals surface area contributed by atoms with Crippen LogP contribution in [0.25, 0.3) is 6.08 Å². The highest BCUT2D eigenvalue weighted by molar-refractivity contribution is 8.27. The van der Waals surface area contributed by atoms with E-state index in [4.69, 9.17) is 17.0 Å². The molecule has 33 heavy (non-hydrogen) atoms. The van der Waals surface area contributed by atoms with Crippen LogP contribution in [-0.4, -0.2) is 22.7 Å². The maximum atomic E-state index is 13.2. The minimum atomic E-state index is -0.390. The largest absolute Gasteiger partial charge is 0.483 e. The van der Waals surface area contributed by atoms with Crippen molar-refractivity contribution in [2.75, 3.05) is 11.5 Å². The van der Waals surface area contributed by atoms with Gasteiger partial charge in [0.1, 0.15) is 11.6 Å². The van der Waals surface area contributed by atoms with Crippen molar-refractivity contribution >= 4 is 51.9 Å². The second-order valence-corrected chi connectivity index (χ2v) is 8.76. The lowest BCUT2D eigenvalue weighted by Gasteiger charge is -2.14. The summed E-state index contributed by atoms with van der Waals surface area (Å²) in [5, 5.41) is 2.81. The number of hydrogen-bond donors (Lipinski definition) is 1. The Morgan fingerprint density at radius 2 is 1.73 bits per heavy atom. The van der Waals surface area contributed by atoms with Crippen LogP contribution in [0.15, 0.2) is 83.8 Å². The lowest BCUT2D eigenvalue weighted by molar-refractivity contribution is -0.123. The second kappa shape index (κ2) is 10.4. The number of benzene rings is 3. The summed E-state index contributed by atoms with van der Waals surface area (Å²) in [6, 6.07) is 22.3. The number of ether oxygens (including phenoxy) is 1. The summed E-state index contributed by atoms with van der Waals surface area (Å²) in [5.41, 5.74) is 2.14. The number of hydrogen-bond acceptors (Lipinski definition) is 5. The van der Waals surface area contributed by atoms with E-state index in [1.807, 2.05) is 36.4 Å². The number of para-hydroxylation sites is 1. The van der Waals surface area contributed by atoms with Gasteiger partial charge in [0.15, 0.2) is 10.9 Å². The summed E-state index contributed by atoms with van der Waals surface area (Å²) in [4.78, 5) is 26.9. The highest BCUT2D eigenvalue weighted by atomic mass is 32.2. The molecule has 0 atom stereocenters. The maximum Gasteiger partial charge on any atom is 0.270 e. The van der Waals surface area contributed by atoms with Gasteiger partial charge in [-0.1, -0.05) is 72.5 Å². The van der Waals surface area contributed by atoms with E-state index in [1.54, 1.807) is 24.3 Å². The highest BCUT2D eigenvalue weighted by Gasteiger charge is 2.33. The third-order valence-corrected chi connectivity index (χ3v) is 6.08. The maximum absolute atomic E-state index is 13.2. The van der Waals surface area contributed by atoms with Gasteiger partial charge in [0.25, 0.3) is 11.8 Å². The normalized spacial score (nSPS) is 14.6. The molecule has 1 heterocycles. The predicted octanol–water partition coefficient (Wildman–Crippen LogP) is 4.93. The first-order valence-electron chi connectivity index (χ1n) is 10.1. The number of nitrogens with zero attached hydrogens (tertiary/aromatic N) is 1. The van der Waals surface area contributed by atoms with E-state index in [-0.39, 0.29) is 18.4 Å². The van der Waals surface area contributed by atoms with Gasteiger partial charge in [0, 0.05) is 12.1 Å². The Morgan fingerprint density at radius 3 is 2.48 bits per heavy atom. The Labute approximate surface area is 200 Å². The van der Waals surface area contributed by atoms with Crippen LogP contribution in [0.4, 0.5) is 10.1 Å². The molecule has 4 rings (SSSR count). The van der Waals surface area contributed by atoms with Crippen LogP contribution in [0.2, 0.25) is 0 Å². The summed E-state index contributed by atoms with van der Waals surface area (Å²) in [6.07, 6.45) is 1.68. The zero-order chi connectivity index (χ0) is 23.2. The molecule has 3 aromatic rings. The van der Waals surface area contributed by atoms with Crippen LogP contribution in [0.1, 0.15) is 11.1 Å². The fourth-order valence-electron chi connectivity index (χ4n) is 3.14. The minimum absolute atomic E-state index is 0.159. The zero-order valence-corrected chi connectivity index (χ0v) is 19.0. The van der Waals surface area contributed by atoms with Gasteiger partial charge < -0.3 is 10.1 Å². The van der Waals surface area contributed by atoms with Crippen molar-refractivity contribution in [3.63, 3.8) is 0 Å². The molecule has 1 fully saturated rings. The molecule has 1 N–H and O–H groups in total. The van der Waals surface area contributed by atoms with Gasteiger partial charge in [-0.15, -0.1) is 0 Å². The number of carbonyl (C=O) groups is 2. The van der Waals surface area contributed by atoms with Crippen molar-refractivity contribution in [3.8, 4) is 5.75 Å². The number of thioether (sulfide) groups is 1. The quantitative estimate of drug-likeness (QED) is 0.386. The van der Waals surface area contributed by atoms with E-state index in [0.717, 1.165) is 17.3 Å². The summed E-state index contributed by atoms with van der Waals surface area (Å²) in [6.45, 7) is 0.255. The van der Waals surface area contributed by atoms with Crippen molar-refractivity contribution in [2.24, 2.45) is 0 Å². The molecule has 1 aliphatic rings. The summed E-state index contributed by atoms with van der Waals surface area (Å²) < 4.78 is 19.3. The third kappa shape index (κ3) is 5.66. The predicted molar refractivity (Wildman–Crippen MR) is 132 cm³/mol. The van der Waals surface area contributed by atoms with Crippen molar-refractivity contribution in [2.45, 2.75) is 6.54 Å². The van der Waals surface area contributed by atoms with Gasteiger partial charge in [-0.2, -0.15) is 0 Å². The van der Waals surface area contributed by atoms with Crippen LogP contribution in [0, 0.1) is 5.82 Å². The van der Waals surface area contributed by atoms with E-state index >= 15 is 0 Å². The Balaban J connectivity index is 1.43. The SMILES string of the molecule is O=C(COc1ccccc1/C=C1\SC(=S)N(c2ccc(F)cc2)C1=O)NCc1ccccc1. The monoisotopic (exact) mass is 478 g/mol. The first-order valence-corrected chi connectivity index (χ1v) is 11.3. The van der Waals surface area contributed by atoms with Gasteiger partial charge in [-0.3, -0.25) is 14.5 Å². The first kappa shape index (κ1) is 22.7. The van der Waals surface area contributed by atoms with Crippen LogP contribution < -0.4 is 15.0 Å². The smallest absolute Gasteiger partial charge is 0.270 e. The van der Waals surface area contributed by atoms with Crippen LogP contribution >= 0.6 is 24.0 Å². The van der Waals surface area contributed by atoms with Crippen LogP contribution in [0.3, 0.4) is 0 Å². The number of thiocarbonyl (C=S) groups is 1. The van der Waals surface area contributed by atoms with Crippen molar-refractivity contribution in [1.82, 2.24) is 5.32 Å². The molecule has 0 spiro atoms. The van der Waals surface area contributed by atoms with Crippen molar-refractivity contribution < 1.29 is 18.7 Å². The average molecular weight is 479 g/mol. The fourth-order valence-corrected chi connectivity index (χ4v) is 4.43. The summed E-state index contributed by atoms with van der Waals surface area (Å²) in [7, 11) is 0. The molecule has 3 aromatic carbocycles. The topological polar surface area (TPSA) is 58.6 Å². The summed E-state index contributed by atoms with van der Waals surface area (Å²) >= 11 is 6.52. The number of carbonyl (C=O) groups excluding carboxylic acids is 2. The highest BCUT2D eigenvalue weighted by Crippen LogP contribution is 2.37. The lowest BCUT2D eigenvalue weighted by Crippen LogP contribution is -2.28. The molecule has 1 saturated heterocycles. The number of amides is 2. The van der Waals surface area contributed by atoms with Crippen LogP contribution in [-0.2, 0) is 16.1 Å². The third-order valence-electron chi connectivity index (χ3n) is 4.78. The molecule has 0 unspecified atom stereocenters. The zero-order valence-electron chi connectivity index (χ0n) is 17.4. The van der Waals surface area contributed by atoms with Gasteiger partial charge in [-0.25, -0.2) is 4.39 Å². The lowest BCUT2D eigenvalue weighted by atomic mass is 10.2. The average Bonchev–Trinajstić information content (AvgIpc) is 3.11. The minimum Gasteiger partial charge on any atom is -0.483 e. The molecule has 0 saturated carbocycles. The molecule has 166 valence electrons. The Bertz CT molecular complexity index is 1210. The Hall–Kier alpha value is -3.49. The molecule has 2 amide bonds. The van der Waals surface area contributed by atoms with Crippen LogP contribution in [0.5, 0.6) is 5.75 Å². The standard InChI is InChI=1S/C25H19FN2O3S2/c26-19-10-12-20(13-11-19)28-24(30)22(33-25(28)32)14-18-8-4-5-9-21(18)31-16-23(29)27-15-17-6-2-1-3-7-17/h1-14H,15-16H2,(H,27,29)/b22-14-. The number of halogens is 1. The Morgan fingerprint density at radius 1 is 1.03 bits per heavy atom. The van der Waals surface area contributed by atoms with E-state index in [0.29, 0.717) is 32.8 Å². The number of anilines is 1. The van der Waals surface area contributed by atoms with Crippen molar-refractivity contribution in [3.05, 3.63) is 101 Å². The van der Waals surface area contributed by atoms with E-state index < -0.39 is 5.82 Å². The van der Waals surface area contributed by atoms with E-state index in [2.05, 4.69) is 5.32 Å². The molecule has 8 heteroatoms. The molecule has 5 nitrogen and oxygen atoms in total. The van der Waals surface area contributed by atoms with Gasteiger partial charge in [0.2, 0.25) is 0 Å². The molecular weight excluding hydrogens is 459 g/mol. The second-order valence-electron chi connectivity index (χ2n) is 7.08. The molecular formula is C25H19FN2O3S2. The van der Waals surface area contributed by atoms with E-state index in [1.165, 1.54) is 29.2 Å². The number of rotatable bonds is 7. The van der Waals surface area contributed by atoms with Crippen molar-refractivity contribution in [1.29, 1.82) is 0 Å². The Kier molecular flexibility index (Phi) is 7.16. The number of nitrogens with one attached hydrogen (secondary N) is 1. The van der Waals surface area contributed by atoms with E-state index in [9.17, 15) is 14.0 Å². The van der Waals surface area contributed by atoms with Gasteiger partial charge in [0.05, 0.1) is 10.6 Å². The molecule has 0 radical (unpaired) electrons. The summed E-state index contributed by atoms with van der Waals surface area (Å²) in [5.74, 6) is -0.471. The molecule has 0 aliphatic carbocycles. The fraction of sp³-hybridized carbons (Fsp3) is 0.0800. The van der Waals surface area contributed by atoms with Gasteiger partial charge in [-0.05, 0) is 42.0 Å².